The minimum Gasteiger partial charge on any atom is -0.390 e. The van der Waals surface area contributed by atoms with Gasteiger partial charge in [-0.2, -0.15) is 0 Å². The summed E-state index contributed by atoms with van der Waals surface area (Å²) < 4.78 is 1.16. The Morgan fingerprint density at radius 1 is 1.67 bits per heavy atom. The highest BCUT2D eigenvalue weighted by Crippen LogP contribution is 2.22. The van der Waals surface area contributed by atoms with E-state index in [-0.39, 0.29) is 12.1 Å². The van der Waals surface area contributed by atoms with Crippen molar-refractivity contribution in [1.82, 2.24) is 10.2 Å². The van der Waals surface area contributed by atoms with E-state index in [0.717, 1.165) is 16.9 Å². The normalized spacial score (nSPS) is 26.4. The van der Waals surface area contributed by atoms with Crippen LogP contribution in [0.4, 0.5) is 0 Å². The van der Waals surface area contributed by atoms with Crippen LogP contribution in [0.25, 0.3) is 0 Å². The second-order valence-electron chi connectivity index (χ2n) is 3.97. The third-order valence-corrected chi connectivity index (χ3v) is 4.32. The number of rotatable bonds is 3. The largest absolute Gasteiger partial charge is 0.390 e. The van der Waals surface area contributed by atoms with Crippen molar-refractivity contribution in [2.45, 2.75) is 18.7 Å². The zero-order valence-corrected chi connectivity index (χ0v) is 11.0. The summed E-state index contributed by atoms with van der Waals surface area (Å²) in [6, 6.07) is 2.37. The molecule has 0 saturated carbocycles. The molecule has 0 bridgehead atoms. The van der Waals surface area contributed by atoms with Crippen molar-refractivity contribution < 1.29 is 5.11 Å². The van der Waals surface area contributed by atoms with Gasteiger partial charge in [0.05, 0.1) is 9.89 Å². The quantitative estimate of drug-likeness (QED) is 0.880. The van der Waals surface area contributed by atoms with E-state index < -0.39 is 0 Å². The molecule has 1 aromatic heterocycles. The molecule has 3 nitrogen and oxygen atoms in total. The first-order chi connectivity index (χ1) is 7.16. The smallest absolute Gasteiger partial charge is 0.0831 e. The van der Waals surface area contributed by atoms with Gasteiger partial charge in [-0.1, -0.05) is 0 Å². The van der Waals surface area contributed by atoms with Crippen molar-refractivity contribution in [3.8, 4) is 0 Å². The van der Waals surface area contributed by atoms with E-state index >= 15 is 0 Å². The zero-order chi connectivity index (χ0) is 10.8. The molecule has 2 unspecified atom stereocenters. The number of thiophene rings is 1. The SMILES string of the molecule is CN(Cc1csc(Br)c1)C1CNCC1O. The Morgan fingerprint density at radius 2 is 2.47 bits per heavy atom. The summed E-state index contributed by atoms with van der Waals surface area (Å²) in [5.74, 6) is 0. The summed E-state index contributed by atoms with van der Waals surface area (Å²) in [5, 5.41) is 15.1. The fraction of sp³-hybridized carbons (Fsp3) is 0.600. The second-order valence-corrected chi connectivity index (χ2v) is 6.26. The van der Waals surface area contributed by atoms with Gasteiger partial charge >= 0.3 is 0 Å². The van der Waals surface area contributed by atoms with E-state index in [4.69, 9.17) is 0 Å². The molecule has 0 radical (unpaired) electrons. The van der Waals surface area contributed by atoms with Crippen molar-refractivity contribution in [3.63, 3.8) is 0 Å². The molecule has 0 amide bonds. The first-order valence-corrected chi connectivity index (χ1v) is 6.66. The summed E-state index contributed by atoms with van der Waals surface area (Å²) in [6.45, 7) is 2.48. The van der Waals surface area contributed by atoms with Crippen LogP contribution >= 0.6 is 27.3 Å². The average molecular weight is 291 g/mol. The number of hydrogen-bond acceptors (Lipinski definition) is 4. The van der Waals surface area contributed by atoms with Gasteiger partial charge in [0, 0.05) is 25.7 Å². The van der Waals surface area contributed by atoms with Crippen LogP contribution in [0.1, 0.15) is 5.56 Å². The van der Waals surface area contributed by atoms with Crippen molar-refractivity contribution in [2.75, 3.05) is 20.1 Å². The van der Waals surface area contributed by atoms with E-state index in [9.17, 15) is 5.11 Å². The van der Waals surface area contributed by atoms with E-state index in [2.05, 4.69) is 44.6 Å². The summed E-state index contributed by atoms with van der Waals surface area (Å²) in [5.41, 5.74) is 1.30. The van der Waals surface area contributed by atoms with Crippen LogP contribution in [-0.2, 0) is 6.54 Å². The molecular weight excluding hydrogens is 276 g/mol. The lowest BCUT2D eigenvalue weighted by Gasteiger charge is -2.25. The first-order valence-electron chi connectivity index (χ1n) is 4.99. The molecule has 0 aromatic carbocycles. The first kappa shape index (κ1) is 11.5. The van der Waals surface area contributed by atoms with Crippen LogP contribution in [0.2, 0.25) is 0 Å². The highest BCUT2D eigenvalue weighted by molar-refractivity contribution is 9.11. The molecule has 1 aliphatic rings. The van der Waals surface area contributed by atoms with Gasteiger partial charge < -0.3 is 10.4 Å². The standard InChI is InChI=1S/C10H15BrN2OS/c1-13(8-3-12-4-9(8)14)5-7-2-10(11)15-6-7/h2,6,8-9,12,14H,3-5H2,1H3. The van der Waals surface area contributed by atoms with Gasteiger partial charge in [0.15, 0.2) is 0 Å². The fourth-order valence-electron chi connectivity index (χ4n) is 1.93. The average Bonchev–Trinajstić information content (AvgIpc) is 2.75. The molecule has 0 spiro atoms. The van der Waals surface area contributed by atoms with Crippen LogP contribution in [0.5, 0.6) is 0 Å². The van der Waals surface area contributed by atoms with Crippen LogP contribution in [0.3, 0.4) is 0 Å². The summed E-state index contributed by atoms with van der Waals surface area (Å²) in [6.07, 6.45) is -0.239. The van der Waals surface area contributed by atoms with Crippen LogP contribution in [-0.4, -0.2) is 42.3 Å². The van der Waals surface area contributed by atoms with Crippen molar-refractivity contribution >= 4 is 27.3 Å². The van der Waals surface area contributed by atoms with Crippen molar-refractivity contribution in [3.05, 3.63) is 20.8 Å². The Balaban J connectivity index is 1.94. The summed E-state index contributed by atoms with van der Waals surface area (Å²) in [4.78, 5) is 2.21. The third-order valence-electron chi connectivity index (χ3n) is 2.77. The third kappa shape index (κ3) is 2.79. The molecule has 2 atom stereocenters. The molecule has 1 aliphatic heterocycles. The van der Waals surface area contributed by atoms with E-state index in [0.29, 0.717) is 6.54 Å². The van der Waals surface area contributed by atoms with Crippen LogP contribution < -0.4 is 5.32 Å². The zero-order valence-electron chi connectivity index (χ0n) is 8.61. The molecule has 1 aromatic rings. The molecule has 5 heteroatoms. The number of aliphatic hydroxyl groups is 1. The Kier molecular flexibility index (Phi) is 3.79. The Hall–Kier alpha value is 0.0600. The van der Waals surface area contributed by atoms with Gasteiger partial charge in [0.1, 0.15) is 0 Å². The van der Waals surface area contributed by atoms with Gasteiger partial charge in [-0.05, 0) is 40.0 Å². The fourth-order valence-corrected chi connectivity index (χ4v) is 3.14. The van der Waals surface area contributed by atoms with Gasteiger partial charge in [0.25, 0.3) is 0 Å². The number of likely N-dealkylation sites (N-methyl/N-ethyl adjacent to an activating group) is 1. The maximum Gasteiger partial charge on any atom is 0.0831 e. The molecule has 2 N–H and O–H groups in total. The number of aliphatic hydroxyl groups excluding tert-OH is 1. The lowest BCUT2D eigenvalue weighted by atomic mass is 10.2. The van der Waals surface area contributed by atoms with Gasteiger partial charge in [-0.3, -0.25) is 4.90 Å². The number of nitrogens with one attached hydrogen (secondary N) is 1. The molecule has 2 rings (SSSR count). The summed E-state index contributed by atoms with van der Waals surface area (Å²) in [7, 11) is 2.06. The lowest BCUT2D eigenvalue weighted by molar-refractivity contribution is 0.0956. The molecular formula is C10H15BrN2OS. The minimum absolute atomic E-state index is 0.239. The Labute approximate surface area is 102 Å². The van der Waals surface area contributed by atoms with E-state index in [1.54, 1.807) is 11.3 Å². The maximum atomic E-state index is 9.73. The van der Waals surface area contributed by atoms with E-state index in [1.165, 1.54) is 5.56 Å². The van der Waals surface area contributed by atoms with Crippen molar-refractivity contribution in [2.24, 2.45) is 0 Å². The monoisotopic (exact) mass is 290 g/mol. The number of nitrogens with zero attached hydrogens (tertiary/aromatic N) is 1. The molecule has 0 aliphatic carbocycles. The minimum atomic E-state index is -0.239. The van der Waals surface area contributed by atoms with E-state index in [1.807, 2.05) is 0 Å². The molecule has 15 heavy (non-hydrogen) atoms. The molecule has 84 valence electrons. The number of β-amino-alcohol motifs (C(OH)–C–C–N with tert-alkyl or cyclic N) is 1. The van der Waals surface area contributed by atoms with Crippen LogP contribution in [0, 0.1) is 0 Å². The Bertz CT molecular complexity index is 331. The maximum absolute atomic E-state index is 9.73. The van der Waals surface area contributed by atoms with Crippen LogP contribution in [0.15, 0.2) is 15.2 Å². The Morgan fingerprint density at radius 3 is 3.00 bits per heavy atom. The second kappa shape index (κ2) is 4.93. The predicted octanol–water partition coefficient (Wildman–Crippen LogP) is 1.28. The predicted molar refractivity (Wildman–Crippen MR) is 66.2 cm³/mol. The summed E-state index contributed by atoms with van der Waals surface area (Å²) >= 11 is 5.16. The van der Waals surface area contributed by atoms with Gasteiger partial charge in [-0.15, -0.1) is 11.3 Å². The highest BCUT2D eigenvalue weighted by atomic mass is 79.9. The highest BCUT2D eigenvalue weighted by Gasteiger charge is 2.28. The topological polar surface area (TPSA) is 35.5 Å². The number of halogens is 1. The van der Waals surface area contributed by atoms with Crippen molar-refractivity contribution in [1.29, 1.82) is 0 Å². The molecule has 1 saturated heterocycles. The number of hydrogen-bond donors (Lipinski definition) is 2. The lowest BCUT2D eigenvalue weighted by Crippen LogP contribution is -2.40. The van der Waals surface area contributed by atoms with Gasteiger partial charge in [-0.25, -0.2) is 0 Å². The molecule has 2 heterocycles. The van der Waals surface area contributed by atoms with Gasteiger partial charge in [0.2, 0.25) is 0 Å². The molecule has 1 fully saturated rings.